The van der Waals surface area contributed by atoms with Gasteiger partial charge in [0.15, 0.2) is 0 Å². The molecule has 110 valence electrons. The highest BCUT2D eigenvalue weighted by Crippen LogP contribution is 2.29. The van der Waals surface area contributed by atoms with Gasteiger partial charge < -0.3 is 15.8 Å². The first-order valence-corrected chi connectivity index (χ1v) is 6.54. The topological polar surface area (TPSA) is 64.3 Å². The Bertz CT molecular complexity index is 664. The van der Waals surface area contributed by atoms with Crippen LogP contribution in [-0.2, 0) is 4.79 Å². The minimum Gasteiger partial charge on any atom is -0.495 e. The third-order valence-electron chi connectivity index (χ3n) is 2.93. The lowest BCUT2D eigenvalue weighted by molar-refractivity contribution is -0.118. The fourth-order valence-electron chi connectivity index (χ4n) is 1.93. The summed E-state index contributed by atoms with van der Waals surface area (Å²) in [5, 5.41) is 3.25. The first-order chi connectivity index (χ1) is 10.0. The van der Waals surface area contributed by atoms with Crippen LogP contribution in [0.25, 0.3) is 0 Å². The van der Waals surface area contributed by atoms with Gasteiger partial charge in [-0.2, -0.15) is 0 Å². The van der Waals surface area contributed by atoms with E-state index in [1.165, 1.54) is 25.3 Å². The van der Waals surface area contributed by atoms with Gasteiger partial charge in [0.25, 0.3) is 0 Å². The Kier molecular flexibility index (Phi) is 4.65. The molecule has 0 aliphatic carbocycles. The summed E-state index contributed by atoms with van der Waals surface area (Å²) in [6.45, 7) is 0. The Balaban J connectivity index is 2.31. The molecule has 2 aromatic rings. The van der Waals surface area contributed by atoms with Gasteiger partial charge in [-0.15, -0.1) is 0 Å². The molecule has 0 saturated carbocycles. The molecule has 6 heteroatoms. The fourth-order valence-corrected chi connectivity index (χ4v) is 2.19. The maximum Gasteiger partial charge on any atom is 0.244 e. The van der Waals surface area contributed by atoms with Crippen molar-refractivity contribution in [1.82, 2.24) is 0 Å². The minimum absolute atomic E-state index is 0.363. The van der Waals surface area contributed by atoms with Crippen molar-refractivity contribution in [1.29, 1.82) is 0 Å². The normalized spacial score (nSPS) is 11.8. The van der Waals surface area contributed by atoms with Gasteiger partial charge in [-0.3, -0.25) is 4.79 Å². The molecule has 0 spiro atoms. The average Bonchev–Trinajstić information content (AvgIpc) is 2.44. The largest absolute Gasteiger partial charge is 0.495 e. The quantitative estimate of drug-likeness (QED) is 0.892. The average molecular weight is 309 g/mol. The van der Waals surface area contributed by atoms with Crippen LogP contribution in [0.5, 0.6) is 5.75 Å². The van der Waals surface area contributed by atoms with Crippen LogP contribution in [0, 0.1) is 5.82 Å². The summed E-state index contributed by atoms with van der Waals surface area (Å²) in [6, 6.07) is 9.85. The van der Waals surface area contributed by atoms with Gasteiger partial charge in [-0.05, 0) is 35.9 Å². The molecule has 0 aliphatic heterocycles. The van der Waals surface area contributed by atoms with E-state index in [9.17, 15) is 9.18 Å². The molecule has 1 unspecified atom stereocenters. The number of carbonyl (C=O) groups is 1. The molecule has 0 aliphatic rings. The first-order valence-electron chi connectivity index (χ1n) is 6.16. The SMILES string of the molecule is COc1ccc(C(Nc2cccc(F)c2)C(N)=O)cc1Cl. The number of hydrogen-bond donors (Lipinski definition) is 2. The van der Waals surface area contributed by atoms with Crippen molar-refractivity contribution in [3.05, 3.63) is 58.9 Å². The van der Waals surface area contributed by atoms with Gasteiger partial charge in [0.05, 0.1) is 12.1 Å². The van der Waals surface area contributed by atoms with Crippen LogP contribution in [0.4, 0.5) is 10.1 Å². The zero-order chi connectivity index (χ0) is 15.4. The fraction of sp³-hybridized carbons (Fsp3) is 0.133. The lowest BCUT2D eigenvalue weighted by Crippen LogP contribution is -2.27. The lowest BCUT2D eigenvalue weighted by Gasteiger charge is -2.18. The van der Waals surface area contributed by atoms with Crippen molar-refractivity contribution in [2.45, 2.75) is 6.04 Å². The molecular formula is C15H14ClFN2O2. The number of nitrogens with two attached hydrogens (primary N) is 1. The van der Waals surface area contributed by atoms with E-state index in [1.807, 2.05) is 0 Å². The Hall–Kier alpha value is -2.27. The highest BCUT2D eigenvalue weighted by Gasteiger charge is 2.19. The lowest BCUT2D eigenvalue weighted by atomic mass is 10.1. The van der Waals surface area contributed by atoms with E-state index in [-0.39, 0.29) is 0 Å². The molecule has 0 bridgehead atoms. The van der Waals surface area contributed by atoms with Crippen LogP contribution in [0.1, 0.15) is 11.6 Å². The van der Waals surface area contributed by atoms with E-state index >= 15 is 0 Å². The molecular weight excluding hydrogens is 295 g/mol. The van der Waals surface area contributed by atoms with Crippen LogP contribution in [0.2, 0.25) is 5.02 Å². The van der Waals surface area contributed by atoms with Gasteiger partial charge in [0.1, 0.15) is 17.6 Å². The van der Waals surface area contributed by atoms with Crippen LogP contribution in [-0.4, -0.2) is 13.0 Å². The van der Waals surface area contributed by atoms with Crippen LogP contribution >= 0.6 is 11.6 Å². The Morgan fingerprint density at radius 3 is 2.67 bits per heavy atom. The maximum absolute atomic E-state index is 13.2. The molecule has 4 nitrogen and oxygen atoms in total. The summed E-state index contributed by atoms with van der Waals surface area (Å²) in [5.41, 5.74) is 6.42. The van der Waals surface area contributed by atoms with E-state index < -0.39 is 17.8 Å². The van der Waals surface area contributed by atoms with E-state index in [4.69, 9.17) is 22.1 Å². The first kappa shape index (κ1) is 15.1. The third-order valence-corrected chi connectivity index (χ3v) is 3.22. The Morgan fingerprint density at radius 2 is 2.10 bits per heavy atom. The van der Waals surface area contributed by atoms with Crippen molar-refractivity contribution in [2.75, 3.05) is 12.4 Å². The summed E-state index contributed by atoms with van der Waals surface area (Å²) < 4.78 is 18.2. The molecule has 1 atom stereocenters. The number of rotatable bonds is 5. The van der Waals surface area contributed by atoms with Crippen molar-refractivity contribution >= 4 is 23.2 Å². The number of methoxy groups -OCH3 is 1. The van der Waals surface area contributed by atoms with Crippen molar-refractivity contribution < 1.29 is 13.9 Å². The predicted octanol–water partition coefficient (Wildman–Crippen LogP) is 3.13. The van der Waals surface area contributed by atoms with Gasteiger partial charge in [-0.1, -0.05) is 23.7 Å². The molecule has 0 fully saturated rings. The molecule has 0 radical (unpaired) electrons. The minimum atomic E-state index is -0.824. The number of nitrogens with one attached hydrogen (secondary N) is 1. The molecule has 21 heavy (non-hydrogen) atoms. The molecule has 3 N–H and O–H groups in total. The summed E-state index contributed by atoms with van der Waals surface area (Å²) in [7, 11) is 1.50. The second kappa shape index (κ2) is 6.45. The van der Waals surface area contributed by atoms with E-state index in [0.717, 1.165) is 0 Å². The summed E-state index contributed by atoms with van der Waals surface area (Å²) in [4.78, 5) is 11.6. The van der Waals surface area contributed by atoms with Gasteiger partial charge in [-0.25, -0.2) is 4.39 Å². The highest BCUT2D eigenvalue weighted by molar-refractivity contribution is 6.32. The van der Waals surface area contributed by atoms with Gasteiger partial charge in [0, 0.05) is 5.69 Å². The van der Waals surface area contributed by atoms with Crippen molar-refractivity contribution in [3.8, 4) is 5.75 Å². The second-order valence-corrected chi connectivity index (χ2v) is 4.79. The zero-order valence-corrected chi connectivity index (χ0v) is 12.0. The zero-order valence-electron chi connectivity index (χ0n) is 11.3. The third kappa shape index (κ3) is 3.64. The Morgan fingerprint density at radius 1 is 1.33 bits per heavy atom. The maximum atomic E-state index is 13.2. The van der Waals surface area contributed by atoms with Gasteiger partial charge >= 0.3 is 0 Å². The predicted molar refractivity (Wildman–Crippen MR) is 80.0 cm³/mol. The molecule has 2 aromatic carbocycles. The summed E-state index contributed by atoms with van der Waals surface area (Å²) in [6.07, 6.45) is 0. The van der Waals surface area contributed by atoms with Crippen LogP contribution < -0.4 is 15.8 Å². The van der Waals surface area contributed by atoms with Crippen LogP contribution in [0.15, 0.2) is 42.5 Å². The van der Waals surface area contributed by atoms with Crippen molar-refractivity contribution in [3.63, 3.8) is 0 Å². The van der Waals surface area contributed by atoms with E-state index in [1.54, 1.807) is 24.3 Å². The van der Waals surface area contributed by atoms with Crippen LogP contribution in [0.3, 0.4) is 0 Å². The number of anilines is 1. The number of primary amides is 1. The number of hydrogen-bond acceptors (Lipinski definition) is 3. The monoisotopic (exact) mass is 308 g/mol. The van der Waals surface area contributed by atoms with E-state index in [2.05, 4.69) is 5.32 Å². The van der Waals surface area contributed by atoms with E-state index in [0.29, 0.717) is 22.0 Å². The summed E-state index contributed by atoms with van der Waals surface area (Å²) in [5.74, 6) is -0.508. The number of benzene rings is 2. The number of carbonyl (C=O) groups excluding carboxylic acids is 1. The molecule has 0 heterocycles. The number of ether oxygens (including phenoxy) is 1. The summed E-state index contributed by atoms with van der Waals surface area (Å²) >= 11 is 6.04. The van der Waals surface area contributed by atoms with Crippen molar-refractivity contribution in [2.24, 2.45) is 5.73 Å². The standard InChI is InChI=1S/C15H14ClFN2O2/c1-21-13-6-5-9(7-12(13)16)14(15(18)20)19-11-4-2-3-10(17)8-11/h2-8,14,19H,1H3,(H2,18,20). The molecule has 0 saturated heterocycles. The highest BCUT2D eigenvalue weighted by atomic mass is 35.5. The number of halogens is 2. The molecule has 0 aromatic heterocycles. The molecule has 2 rings (SSSR count). The Labute approximate surface area is 126 Å². The second-order valence-electron chi connectivity index (χ2n) is 4.38. The smallest absolute Gasteiger partial charge is 0.244 e. The molecule has 1 amide bonds. The number of amides is 1. The van der Waals surface area contributed by atoms with Gasteiger partial charge in [0.2, 0.25) is 5.91 Å².